The molecule has 1 saturated heterocycles. The number of likely N-dealkylation sites (tertiary alicyclic amines) is 1. The molecule has 12 heteroatoms. The number of aliphatic carboxylic acids is 1. The van der Waals surface area contributed by atoms with E-state index in [2.05, 4.69) is 15.6 Å². The first-order valence-electron chi connectivity index (χ1n) is 12.8. The summed E-state index contributed by atoms with van der Waals surface area (Å²) in [6.07, 6.45) is 2.83. The monoisotopic (exact) mass is 528 g/mol. The highest BCUT2D eigenvalue weighted by molar-refractivity contribution is 5.96. The Morgan fingerprint density at radius 3 is 2.53 bits per heavy atom. The predicted molar refractivity (Wildman–Crippen MR) is 139 cm³/mol. The Labute approximate surface area is 220 Å². The summed E-state index contributed by atoms with van der Waals surface area (Å²) in [4.78, 5) is 67.2. The van der Waals surface area contributed by atoms with E-state index < -0.39 is 60.2 Å². The van der Waals surface area contributed by atoms with Crippen molar-refractivity contribution in [3.63, 3.8) is 0 Å². The van der Waals surface area contributed by atoms with Crippen molar-refractivity contribution in [1.82, 2.24) is 20.5 Å². The number of hydrogen-bond acceptors (Lipinski definition) is 6. The van der Waals surface area contributed by atoms with E-state index >= 15 is 0 Å². The fraction of sp³-hybridized carbons (Fsp3) is 0.500. The summed E-state index contributed by atoms with van der Waals surface area (Å²) >= 11 is 0. The van der Waals surface area contributed by atoms with Gasteiger partial charge in [-0.3, -0.25) is 19.2 Å². The van der Waals surface area contributed by atoms with Gasteiger partial charge in [-0.2, -0.15) is 0 Å². The van der Waals surface area contributed by atoms with E-state index in [9.17, 15) is 29.1 Å². The van der Waals surface area contributed by atoms with E-state index in [0.717, 1.165) is 16.5 Å². The van der Waals surface area contributed by atoms with Crippen LogP contribution < -0.4 is 22.1 Å². The van der Waals surface area contributed by atoms with Gasteiger partial charge in [0.05, 0.1) is 12.5 Å². The molecule has 2 heterocycles. The summed E-state index contributed by atoms with van der Waals surface area (Å²) < 4.78 is 0. The average Bonchev–Trinajstić information content (AvgIpc) is 3.53. The van der Waals surface area contributed by atoms with Crippen LogP contribution in [0.5, 0.6) is 0 Å². The molecule has 1 aromatic carbocycles. The maximum absolute atomic E-state index is 13.3. The summed E-state index contributed by atoms with van der Waals surface area (Å²) in [6, 6.07) is 3.16. The van der Waals surface area contributed by atoms with Crippen molar-refractivity contribution >= 4 is 40.5 Å². The van der Waals surface area contributed by atoms with Crippen molar-refractivity contribution in [2.24, 2.45) is 17.4 Å². The summed E-state index contributed by atoms with van der Waals surface area (Å²) in [7, 11) is 0. The number of carbonyl (C=O) groups is 5. The summed E-state index contributed by atoms with van der Waals surface area (Å²) in [5.74, 6) is -4.22. The zero-order chi connectivity index (χ0) is 28.0. The van der Waals surface area contributed by atoms with Gasteiger partial charge in [-0.15, -0.1) is 0 Å². The highest BCUT2D eigenvalue weighted by Gasteiger charge is 2.40. The number of para-hydroxylation sites is 1. The highest BCUT2D eigenvalue weighted by atomic mass is 16.4. The van der Waals surface area contributed by atoms with Crippen LogP contribution in [0.1, 0.15) is 45.1 Å². The van der Waals surface area contributed by atoms with Crippen molar-refractivity contribution in [2.75, 3.05) is 6.54 Å². The van der Waals surface area contributed by atoms with Gasteiger partial charge in [-0.05, 0) is 36.8 Å². The standard InChI is InChI=1S/C26H36N6O6/c1-3-14(2)22(25(36)32-10-6-9-20(32)26(37)38)31-24(35)19(12-21(28)33)30-23(34)17(27)11-15-13-29-18-8-5-4-7-16(15)18/h4-5,7-8,13-14,17,19-20,22,29H,3,6,9-12,27H2,1-2H3,(H2,28,33)(H,30,34)(H,31,35)(H,37,38). The Bertz CT molecular complexity index is 1200. The van der Waals surface area contributed by atoms with Crippen LogP contribution in [-0.4, -0.2) is 75.3 Å². The normalized spacial score (nSPS) is 18.4. The third kappa shape index (κ3) is 6.68. The number of rotatable bonds is 12. The largest absolute Gasteiger partial charge is 0.480 e. The number of nitrogens with two attached hydrogens (primary N) is 2. The minimum atomic E-state index is -1.36. The fourth-order valence-electron chi connectivity index (χ4n) is 4.72. The second-order valence-corrected chi connectivity index (χ2v) is 9.80. The van der Waals surface area contributed by atoms with Gasteiger partial charge in [0.15, 0.2) is 0 Å². The number of nitrogens with zero attached hydrogens (tertiary/aromatic N) is 1. The van der Waals surface area contributed by atoms with Crippen LogP contribution in [0, 0.1) is 5.92 Å². The van der Waals surface area contributed by atoms with E-state index in [4.69, 9.17) is 11.5 Å². The molecule has 12 nitrogen and oxygen atoms in total. The molecule has 1 fully saturated rings. The lowest BCUT2D eigenvalue weighted by molar-refractivity contribution is -0.150. The van der Waals surface area contributed by atoms with Gasteiger partial charge in [-0.25, -0.2) is 4.79 Å². The molecule has 4 amide bonds. The Morgan fingerprint density at radius 1 is 1.16 bits per heavy atom. The van der Waals surface area contributed by atoms with Gasteiger partial charge in [0, 0.05) is 23.6 Å². The molecule has 206 valence electrons. The predicted octanol–water partition coefficient (Wildman–Crippen LogP) is 0.00440. The van der Waals surface area contributed by atoms with E-state index in [1.54, 1.807) is 13.1 Å². The summed E-state index contributed by atoms with van der Waals surface area (Å²) in [6.45, 7) is 3.86. The number of carbonyl (C=O) groups excluding carboxylic acids is 4. The Hall–Kier alpha value is -3.93. The van der Waals surface area contributed by atoms with Crippen molar-refractivity contribution in [3.8, 4) is 0 Å². The molecule has 3 rings (SSSR count). The number of carboxylic acid groups (broad SMARTS) is 1. The molecule has 38 heavy (non-hydrogen) atoms. The van der Waals surface area contributed by atoms with Gasteiger partial charge >= 0.3 is 5.97 Å². The minimum Gasteiger partial charge on any atom is -0.480 e. The van der Waals surface area contributed by atoms with Crippen molar-refractivity contribution in [3.05, 3.63) is 36.0 Å². The molecule has 0 bridgehead atoms. The van der Waals surface area contributed by atoms with Gasteiger partial charge in [0.1, 0.15) is 18.1 Å². The molecule has 0 spiro atoms. The van der Waals surface area contributed by atoms with Crippen molar-refractivity contribution < 1.29 is 29.1 Å². The molecular weight excluding hydrogens is 492 g/mol. The quantitative estimate of drug-likeness (QED) is 0.222. The minimum absolute atomic E-state index is 0.181. The number of aromatic nitrogens is 1. The van der Waals surface area contributed by atoms with E-state index in [-0.39, 0.29) is 18.9 Å². The first kappa shape index (κ1) is 28.6. The zero-order valence-corrected chi connectivity index (χ0v) is 21.6. The number of hydrogen-bond donors (Lipinski definition) is 6. The molecule has 1 aliphatic heterocycles. The molecular formula is C26H36N6O6. The maximum atomic E-state index is 13.3. The third-order valence-corrected chi connectivity index (χ3v) is 7.09. The molecule has 5 unspecified atom stereocenters. The van der Waals surface area contributed by atoms with E-state index in [1.165, 1.54) is 4.90 Å². The van der Waals surface area contributed by atoms with Crippen LogP contribution in [-0.2, 0) is 30.4 Å². The molecule has 1 aromatic heterocycles. The number of primary amides is 1. The first-order valence-corrected chi connectivity index (χ1v) is 12.8. The zero-order valence-electron chi connectivity index (χ0n) is 21.6. The van der Waals surface area contributed by atoms with Gasteiger partial charge in [0.2, 0.25) is 23.6 Å². The Kier molecular flexibility index (Phi) is 9.45. The van der Waals surface area contributed by atoms with Crippen molar-refractivity contribution in [1.29, 1.82) is 0 Å². The first-order chi connectivity index (χ1) is 18.0. The SMILES string of the molecule is CCC(C)C(NC(=O)C(CC(N)=O)NC(=O)C(N)Cc1c[nH]c2ccccc12)C(=O)N1CCCC1C(=O)O. The molecule has 0 aliphatic carbocycles. The van der Waals surface area contributed by atoms with Gasteiger partial charge in [0.25, 0.3) is 0 Å². The molecule has 0 radical (unpaired) electrons. The van der Waals surface area contributed by atoms with Gasteiger partial charge in [-0.1, -0.05) is 38.5 Å². The van der Waals surface area contributed by atoms with Crippen LogP contribution in [0.4, 0.5) is 0 Å². The van der Waals surface area contributed by atoms with Crippen LogP contribution in [0.25, 0.3) is 10.9 Å². The van der Waals surface area contributed by atoms with Crippen LogP contribution in [0.2, 0.25) is 0 Å². The number of benzene rings is 1. The third-order valence-electron chi connectivity index (χ3n) is 7.09. The number of H-pyrrole nitrogens is 1. The van der Waals surface area contributed by atoms with E-state index in [1.807, 2.05) is 31.2 Å². The molecule has 5 atom stereocenters. The Morgan fingerprint density at radius 2 is 1.87 bits per heavy atom. The lowest BCUT2D eigenvalue weighted by Crippen LogP contribution is -2.59. The van der Waals surface area contributed by atoms with Crippen LogP contribution in [0.15, 0.2) is 30.5 Å². The number of nitrogens with one attached hydrogen (secondary N) is 3. The highest BCUT2D eigenvalue weighted by Crippen LogP contribution is 2.22. The second kappa shape index (κ2) is 12.5. The summed E-state index contributed by atoms with van der Waals surface area (Å²) in [5, 5.41) is 15.5. The van der Waals surface area contributed by atoms with Crippen LogP contribution >= 0.6 is 0 Å². The molecule has 8 N–H and O–H groups in total. The van der Waals surface area contributed by atoms with E-state index in [0.29, 0.717) is 19.3 Å². The lowest BCUT2D eigenvalue weighted by atomic mass is 9.96. The average molecular weight is 529 g/mol. The van der Waals surface area contributed by atoms with Crippen LogP contribution in [0.3, 0.4) is 0 Å². The molecule has 0 saturated carbocycles. The fourth-order valence-corrected chi connectivity index (χ4v) is 4.72. The van der Waals surface area contributed by atoms with Crippen molar-refractivity contribution in [2.45, 2.75) is 70.1 Å². The van der Waals surface area contributed by atoms with Gasteiger partial charge < -0.3 is 37.1 Å². The number of amides is 4. The number of fused-ring (bicyclic) bond motifs is 1. The Balaban J connectivity index is 1.72. The summed E-state index contributed by atoms with van der Waals surface area (Å²) in [5.41, 5.74) is 13.2. The second-order valence-electron chi connectivity index (χ2n) is 9.80. The smallest absolute Gasteiger partial charge is 0.326 e. The molecule has 2 aromatic rings. The maximum Gasteiger partial charge on any atom is 0.326 e. The number of aromatic amines is 1. The molecule has 1 aliphatic rings. The number of carboxylic acids is 1. The lowest BCUT2D eigenvalue weighted by Gasteiger charge is -2.31. The topological polar surface area (TPSA) is 201 Å².